The molecule has 3 saturated carbocycles. The van der Waals surface area contributed by atoms with Crippen molar-refractivity contribution >= 4 is 13.8 Å². The predicted octanol–water partition coefficient (Wildman–Crippen LogP) is 7.23. The summed E-state index contributed by atoms with van der Waals surface area (Å²) in [5.41, 5.74) is 7.68. The number of phosphoric acid groups is 1. The van der Waals surface area contributed by atoms with E-state index in [1.807, 2.05) is 0 Å². The van der Waals surface area contributed by atoms with Crippen LogP contribution < -0.4 is 16.4 Å². The number of allylic oxidation sites excluding steroid dienone is 1. The normalized spacial score (nSPS) is 32.9. The van der Waals surface area contributed by atoms with E-state index in [0.29, 0.717) is 25.2 Å². The van der Waals surface area contributed by atoms with Crippen LogP contribution in [0, 0.1) is 46.3 Å². The number of rotatable bonds is 22. The Morgan fingerprint density at radius 3 is 2.45 bits per heavy atom. The third kappa shape index (κ3) is 10.8. The van der Waals surface area contributed by atoms with E-state index in [9.17, 15) is 9.36 Å². The minimum Gasteiger partial charge on any atom is -0.462 e. The number of fused-ring (bicyclic) bond motifs is 5. The van der Waals surface area contributed by atoms with E-state index in [1.54, 1.807) is 7.05 Å². The van der Waals surface area contributed by atoms with Gasteiger partial charge >= 0.3 is 13.8 Å². The van der Waals surface area contributed by atoms with E-state index in [-0.39, 0.29) is 56.9 Å². The minimum atomic E-state index is -3.73. The van der Waals surface area contributed by atoms with Crippen molar-refractivity contribution in [2.24, 2.45) is 52.1 Å². The highest BCUT2D eigenvalue weighted by Gasteiger charge is 2.59. The van der Waals surface area contributed by atoms with Gasteiger partial charge in [-0.2, -0.15) is 0 Å². The van der Waals surface area contributed by atoms with Crippen LogP contribution in [0.25, 0.3) is 0 Å². The van der Waals surface area contributed by atoms with Crippen LogP contribution in [0.2, 0.25) is 0 Å². The largest absolute Gasteiger partial charge is 0.474 e. The summed E-state index contributed by atoms with van der Waals surface area (Å²) < 4.78 is 40.6. The molecule has 4 aliphatic carbocycles. The van der Waals surface area contributed by atoms with Crippen LogP contribution in [0.1, 0.15) is 112 Å². The quantitative estimate of drug-likeness (QED) is 0.0348. The first kappa shape index (κ1) is 40.9. The lowest BCUT2D eigenvalue weighted by molar-refractivity contribution is -0.152. The topological polar surface area (TPSA) is 130 Å². The third-order valence-corrected chi connectivity index (χ3v) is 14.3. The van der Waals surface area contributed by atoms with Gasteiger partial charge in [-0.05, 0) is 98.3 Å². The van der Waals surface area contributed by atoms with Crippen LogP contribution in [0.4, 0.5) is 0 Å². The van der Waals surface area contributed by atoms with E-state index < -0.39 is 7.82 Å². The van der Waals surface area contributed by atoms with Crippen LogP contribution in [-0.4, -0.2) is 71.9 Å². The summed E-state index contributed by atoms with van der Waals surface area (Å²) in [6.07, 6.45) is 16.5. The molecule has 0 aliphatic heterocycles. The minimum absolute atomic E-state index is 0.0196. The van der Waals surface area contributed by atoms with Crippen LogP contribution >= 0.6 is 7.82 Å². The monoisotopic (exact) mass is 711 g/mol. The Kier molecular flexibility index (Phi) is 16.1. The molecule has 3 fully saturated rings. The molecule has 0 bridgehead atoms. The molecule has 9 atom stereocenters. The Labute approximate surface area is 297 Å². The fraction of sp³-hybridized carbons (Fsp3) is 0.921. The van der Waals surface area contributed by atoms with Gasteiger partial charge in [0.25, 0.3) is 0 Å². The molecule has 0 aromatic carbocycles. The second-order valence-electron chi connectivity index (χ2n) is 16.3. The Morgan fingerprint density at radius 2 is 1.71 bits per heavy atom. The Morgan fingerprint density at radius 1 is 0.959 bits per heavy atom. The zero-order chi connectivity index (χ0) is 35.5. The molecule has 4 rings (SSSR count). The van der Waals surface area contributed by atoms with Gasteiger partial charge in [0, 0.05) is 26.2 Å². The summed E-state index contributed by atoms with van der Waals surface area (Å²) in [5, 5.41) is 5.82. The number of nitrogens with one attached hydrogen (secondary N) is 2. The molecule has 49 heavy (non-hydrogen) atoms. The molecule has 0 aromatic rings. The second kappa shape index (κ2) is 19.3. The summed E-state index contributed by atoms with van der Waals surface area (Å²) in [7, 11) is -1.95. The molecule has 9 unspecified atom stereocenters. The molecule has 0 radical (unpaired) electrons. The van der Waals surface area contributed by atoms with Crippen LogP contribution in [-0.2, 0) is 32.4 Å². The smallest absolute Gasteiger partial charge is 0.462 e. The summed E-state index contributed by atoms with van der Waals surface area (Å²) in [6, 6.07) is 0. The number of hydrogen-bond acceptors (Lipinski definition) is 10. The number of likely N-dealkylation sites (N-methyl/N-ethyl adjacent to an activating group) is 1. The van der Waals surface area contributed by atoms with Gasteiger partial charge in [-0.25, -0.2) is 4.57 Å². The highest BCUT2D eigenvalue weighted by Crippen LogP contribution is 2.67. The van der Waals surface area contributed by atoms with Crippen molar-refractivity contribution in [1.82, 2.24) is 10.6 Å². The van der Waals surface area contributed by atoms with E-state index in [4.69, 9.17) is 28.8 Å². The maximum absolute atomic E-state index is 12.9. The van der Waals surface area contributed by atoms with Crippen molar-refractivity contribution in [2.45, 2.75) is 118 Å². The summed E-state index contributed by atoms with van der Waals surface area (Å²) in [6.45, 7) is 14.4. The zero-order valence-corrected chi connectivity index (χ0v) is 32.5. The molecule has 0 aromatic heterocycles. The number of carbonyl (C=O) groups is 1. The average molecular weight is 712 g/mol. The Balaban J connectivity index is 1.19. The van der Waals surface area contributed by atoms with E-state index >= 15 is 0 Å². The Hall–Kier alpha value is -0.840. The summed E-state index contributed by atoms with van der Waals surface area (Å²) in [4.78, 5) is 12.8. The second-order valence-corrected chi connectivity index (χ2v) is 17.9. The lowest BCUT2D eigenvalue weighted by Crippen LogP contribution is -2.51. The van der Waals surface area contributed by atoms with E-state index in [2.05, 4.69) is 51.3 Å². The van der Waals surface area contributed by atoms with E-state index in [1.165, 1.54) is 56.9 Å². The molecule has 0 amide bonds. The molecule has 4 aliphatic rings. The van der Waals surface area contributed by atoms with Crippen molar-refractivity contribution in [3.8, 4) is 0 Å². The van der Waals surface area contributed by atoms with Gasteiger partial charge in [-0.3, -0.25) is 18.4 Å². The molecule has 4 N–H and O–H groups in total. The number of phosphoric ester groups is 1. The lowest BCUT2D eigenvalue weighted by atomic mass is 9.47. The first-order chi connectivity index (χ1) is 23.5. The Bertz CT molecular complexity index is 1110. The number of carbonyl (C=O) groups excluding carboxylic acids is 1. The first-order valence-electron chi connectivity index (χ1n) is 19.5. The molecular weight excluding hydrogens is 641 g/mol. The van der Waals surface area contributed by atoms with Gasteiger partial charge in [0.2, 0.25) is 0 Å². The van der Waals surface area contributed by atoms with Gasteiger partial charge in [0.15, 0.2) is 0 Å². The van der Waals surface area contributed by atoms with Crippen LogP contribution in [0.3, 0.4) is 0 Å². The van der Waals surface area contributed by atoms with E-state index in [0.717, 1.165) is 54.8 Å². The number of hydrogen-bond donors (Lipinski definition) is 3. The predicted molar refractivity (Wildman–Crippen MR) is 195 cm³/mol. The van der Waals surface area contributed by atoms with Gasteiger partial charge in [0.05, 0.1) is 39.5 Å². The van der Waals surface area contributed by atoms with Gasteiger partial charge in [0.1, 0.15) is 6.10 Å². The van der Waals surface area contributed by atoms with Crippen molar-refractivity contribution in [2.75, 3.05) is 59.8 Å². The molecule has 284 valence electrons. The van der Waals surface area contributed by atoms with Gasteiger partial charge in [-0.15, -0.1) is 0 Å². The lowest BCUT2D eigenvalue weighted by Gasteiger charge is -2.58. The highest BCUT2D eigenvalue weighted by atomic mass is 31.2. The van der Waals surface area contributed by atoms with Gasteiger partial charge < -0.3 is 25.8 Å². The third-order valence-electron chi connectivity index (χ3n) is 12.8. The zero-order valence-electron chi connectivity index (χ0n) is 31.6. The molecule has 0 saturated heterocycles. The maximum Gasteiger partial charge on any atom is 0.474 e. The first-order valence-corrected chi connectivity index (χ1v) is 21.0. The van der Waals surface area contributed by atoms with Crippen LogP contribution in [0.15, 0.2) is 11.6 Å². The standard InChI is InChI=1S/C38H70N3O7P/c1-28(2)8-7-9-29(3)33-12-13-34-32-11-10-30-26-31(14-17-37(30,4)35(32)15-18-38(33,34)5)48-36(42)16-21-44-24-25-47-49(43,45-22-19-40-6)46-23-20-41-27-39/h10,28-29,31-35,40-41H,7-9,11-27,39H2,1-6H3. The van der Waals surface area contributed by atoms with Crippen molar-refractivity contribution < 1.29 is 32.4 Å². The summed E-state index contributed by atoms with van der Waals surface area (Å²) in [5.74, 6) is 4.70. The molecular formula is C38H70N3O7P. The molecule has 0 heterocycles. The molecule has 10 nitrogen and oxygen atoms in total. The molecule has 11 heteroatoms. The SMILES string of the molecule is CNCCOP(=O)(OCCNCN)OCCOCCC(=O)OC1CCC2(C)C(=CCC3C2CCC2(C)C(C(C)CCCC(C)C)CCC32)C1. The summed E-state index contributed by atoms with van der Waals surface area (Å²) >= 11 is 0. The van der Waals surface area contributed by atoms with Crippen molar-refractivity contribution in [3.63, 3.8) is 0 Å². The fourth-order valence-corrected chi connectivity index (χ4v) is 11.3. The van der Waals surface area contributed by atoms with Crippen molar-refractivity contribution in [1.29, 1.82) is 0 Å². The van der Waals surface area contributed by atoms with Gasteiger partial charge in [-0.1, -0.05) is 65.5 Å². The van der Waals surface area contributed by atoms with Crippen molar-refractivity contribution in [3.05, 3.63) is 11.6 Å². The number of nitrogens with two attached hydrogens (primary N) is 1. The fourth-order valence-electron chi connectivity index (χ4n) is 10.2. The average Bonchev–Trinajstić information content (AvgIpc) is 3.42. The number of esters is 1. The highest BCUT2D eigenvalue weighted by molar-refractivity contribution is 7.48. The maximum atomic E-state index is 12.9. The van der Waals surface area contributed by atoms with Crippen LogP contribution in [0.5, 0.6) is 0 Å². The molecule has 0 spiro atoms. The number of ether oxygens (including phenoxy) is 2.